The van der Waals surface area contributed by atoms with E-state index in [-0.39, 0.29) is 17.2 Å². The zero-order valence-electron chi connectivity index (χ0n) is 14.6. The molecular weight excluding hydrogens is 375 g/mol. The fraction of sp³-hybridized carbons (Fsp3) is 0.474. The molecule has 1 aliphatic heterocycles. The van der Waals surface area contributed by atoms with E-state index < -0.39 is 11.7 Å². The Labute approximate surface area is 159 Å². The van der Waals surface area contributed by atoms with E-state index in [1.165, 1.54) is 23.5 Å². The molecule has 1 atom stereocenters. The highest BCUT2D eigenvalue weighted by atomic mass is 32.1. The highest BCUT2D eigenvalue weighted by molar-refractivity contribution is 7.13. The van der Waals surface area contributed by atoms with Crippen molar-refractivity contribution in [3.05, 3.63) is 40.9 Å². The molecule has 0 radical (unpaired) electrons. The van der Waals surface area contributed by atoms with E-state index in [1.54, 1.807) is 0 Å². The topological polar surface area (TPSA) is 54.0 Å². The van der Waals surface area contributed by atoms with Crippen LogP contribution in [-0.2, 0) is 17.5 Å². The zero-order chi connectivity index (χ0) is 19.1. The summed E-state index contributed by atoms with van der Waals surface area (Å²) < 4.78 is 37.9. The van der Waals surface area contributed by atoms with Gasteiger partial charge in [0.2, 0.25) is 5.91 Å². The molecule has 1 spiro atoms. The normalized spacial score (nSPS) is 21.2. The number of aromatic nitrogens is 1. The fourth-order valence-corrected chi connectivity index (χ4v) is 4.64. The average molecular weight is 395 g/mol. The lowest BCUT2D eigenvalue weighted by molar-refractivity contribution is -0.137. The van der Waals surface area contributed by atoms with Crippen molar-refractivity contribution in [2.45, 2.75) is 32.0 Å². The summed E-state index contributed by atoms with van der Waals surface area (Å²) in [6.07, 6.45) is -1.26. The minimum Gasteiger partial charge on any atom is -0.350 e. The minimum atomic E-state index is -4.34. The number of hydrogen-bond donors (Lipinski definition) is 2. The van der Waals surface area contributed by atoms with Gasteiger partial charge in [-0.25, -0.2) is 4.98 Å². The molecule has 1 saturated heterocycles. The number of carbonyl (C=O) groups is 1. The van der Waals surface area contributed by atoms with Crippen LogP contribution in [0.4, 0.5) is 13.2 Å². The van der Waals surface area contributed by atoms with E-state index in [4.69, 9.17) is 0 Å². The van der Waals surface area contributed by atoms with Crippen LogP contribution in [-0.4, -0.2) is 24.0 Å². The van der Waals surface area contributed by atoms with Gasteiger partial charge >= 0.3 is 6.18 Å². The van der Waals surface area contributed by atoms with E-state index in [2.05, 4.69) is 15.6 Å². The number of halogens is 3. The van der Waals surface area contributed by atoms with Crippen molar-refractivity contribution in [3.63, 3.8) is 0 Å². The Bertz CT molecular complexity index is 825. The van der Waals surface area contributed by atoms with Crippen LogP contribution in [0.3, 0.4) is 0 Å². The van der Waals surface area contributed by atoms with Crippen LogP contribution in [0.5, 0.6) is 0 Å². The lowest BCUT2D eigenvalue weighted by atomic mass is 9.92. The number of alkyl halides is 3. The van der Waals surface area contributed by atoms with Crippen molar-refractivity contribution in [2.75, 3.05) is 13.1 Å². The number of amides is 1. The predicted octanol–water partition coefficient (Wildman–Crippen LogP) is 3.83. The fourth-order valence-electron chi connectivity index (χ4n) is 3.82. The van der Waals surface area contributed by atoms with Gasteiger partial charge < -0.3 is 10.6 Å². The van der Waals surface area contributed by atoms with E-state index in [0.29, 0.717) is 17.1 Å². The largest absolute Gasteiger partial charge is 0.416 e. The van der Waals surface area contributed by atoms with Gasteiger partial charge in [0.05, 0.1) is 17.8 Å². The maximum absolute atomic E-state index is 12.6. The molecule has 1 unspecified atom stereocenters. The summed E-state index contributed by atoms with van der Waals surface area (Å²) in [5.41, 5.74) is 0.888. The number of rotatable bonds is 4. The maximum Gasteiger partial charge on any atom is 0.416 e. The van der Waals surface area contributed by atoms with Crippen LogP contribution >= 0.6 is 11.3 Å². The van der Waals surface area contributed by atoms with Crippen molar-refractivity contribution < 1.29 is 18.0 Å². The Hall–Kier alpha value is -1.93. The highest BCUT2D eigenvalue weighted by Gasteiger charge is 2.57. The van der Waals surface area contributed by atoms with Gasteiger partial charge in [-0.3, -0.25) is 4.79 Å². The summed E-state index contributed by atoms with van der Waals surface area (Å²) in [5, 5.41) is 8.77. The van der Waals surface area contributed by atoms with Crippen molar-refractivity contribution >= 4 is 17.2 Å². The first-order valence-corrected chi connectivity index (χ1v) is 9.86. The number of thiazole rings is 1. The standard InChI is InChI=1S/C19H20F3N3OS/c20-19(21,22)13-3-1-12(2-4-13)17-25-14(11-27-17)10-24-16(26)15-9-18(15)5-7-23-8-6-18/h1-4,11,15,23H,5-10H2,(H,24,26). The lowest BCUT2D eigenvalue weighted by Crippen LogP contribution is -2.33. The molecule has 0 bridgehead atoms. The molecule has 1 saturated carbocycles. The Morgan fingerprint density at radius 3 is 2.63 bits per heavy atom. The number of carbonyl (C=O) groups excluding carboxylic acids is 1. The molecule has 2 aromatic rings. The van der Waals surface area contributed by atoms with Gasteiger partial charge in [-0.15, -0.1) is 11.3 Å². The van der Waals surface area contributed by atoms with Gasteiger partial charge in [0.25, 0.3) is 0 Å². The quantitative estimate of drug-likeness (QED) is 0.827. The van der Waals surface area contributed by atoms with E-state index in [0.717, 1.165) is 50.2 Å². The summed E-state index contributed by atoms with van der Waals surface area (Å²) >= 11 is 1.36. The van der Waals surface area contributed by atoms with Gasteiger partial charge in [0.15, 0.2) is 0 Å². The van der Waals surface area contributed by atoms with Crippen molar-refractivity contribution in [1.82, 2.24) is 15.6 Å². The third-order valence-electron chi connectivity index (χ3n) is 5.56. The van der Waals surface area contributed by atoms with Crippen LogP contribution in [0.2, 0.25) is 0 Å². The highest BCUT2D eigenvalue weighted by Crippen LogP contribution is 2.58. The first-order chi connectivity index (χ1) is 12.9. The maximum atomic E-state index is 12.6. The first kappa shape index (κ1) is 18.4. The summed E-state index contributed by atoms with van der Waals surface area (Å²) in [4.78, 5) is 16.8. The Kier molecular flexibility index (Phi) is 4.71. The molecule has 4 rings (SSSR count). The van der Waals surface area contributed by atoms with Gasteiger partial charge in [-0.05, 0) is 49.9 Å². The van der Waals surface area contributed by atoms with Gasteiger partial charge in [0, 0.05) is 16.9 Å². The first-order valence-electron chi connectivity index (χ1n) is 8.98. The van der Waals surface area contributed by atoms with E-state index in [9.17, 15) is 18.0 Å². The summed E-state index contributed by atoms with van der Waals surface area (Å²) in [5.74, 6) is 0.189. The van der Waals surface area contributed by atoms with Crippen molar-refractivity contribution in [2.24, 2.45) is 11.3 Å². The molecule has 27 heavy (non-hydrogen) atoms. The van der Waals surface area contributed by atoms with Crippen LogP contribution in [0.25, 0.3) is 10.6 Å². The zero-order valence-corrected chi connectivity index (χ0v) is 15.4. The molecule has 1 aliphatic carbocycles. The SMILES string of the molecule is O=C(NCc1csc(-c2ccc(C(F)(F)F)cc2)n1)C1CC12CCNCC2. The number of benzene rings is 1. The number of nitrogens with zero attached hydrogens (tertiary/aromatic N) is 1. The molecule has 2 aliphatic rings. The Morgan fingerprint density at radius 1 is 1.26 bits per heavy atom. The minimum absolute atomic E-state index is 0.0842. The van der Waals surface area contributed by atoms with Crippen LogP contribution in [0, 0.1) is 11.3 Å². The number of nitrogens with one attached hydrogen (secondary N) is 2. The summed E-state index contributed by atoms with van der Waals surface area (Å²) in [6.45, 7) is 2.31. The lowest BCUT2D eigenvalue weighted by Gasteiger charge is -2.23. The second kappa shape index (κ2) is 6.91. The average Bonchev–Trinajstić information content (AvgIpc) is 3.13. The predicted molar refractivity (Wildman–Crippen MR) is 97.0 cm³/mol. The molecule has 144 valence electrons. The Balaban J connectivity index is 1.34. The summed E-state index contributed by atoms with van der Waals surface area (Å²) in [6, 6.07) is 4.97. The molecule has 2 heterocycles. The van der Waals surface area contributed by atoms with Gasteiger partial charge in [-0.1, -0.05) is 12.1 Å². The van der Waals surface area contributed by atoms with E-state index >= 15 is 0 Å². The van der Waals surface area contributed by atoms with Crippen molar-refractivity contribution in [1.29, 1.82) is 0 Å². The van der Waals surface area contributed by atoms with E-state index in [1.807, 2.05) is 5.38 Å². The third-order valence-corrected chi connectivity index (χ3v) is 6.50. The van der Waals surface area contributed by atoms with Gasteiger partial charge in [0.1, 0.15) is 5.01 Å². The molecule has 1 amide bonds. The number of piperidine rings is 1. The third kappa shape index (κ3) is 3.87. The number of hydrogen-bond acceptors (Lipinski definition) is 4. The Morgan fingerprint density at radius 2 is 1.96 bits per heavy atom. The van der Waals surface area contributed by atoms with Crippen molar-refractivity contribution in [3.8, 4) is 10.6 Å². The molecule has 4 nitrogen and oxygen atoms in total. The second-order valence-electron chi connectivity index (χ2n) is 7.31. The smallest absolute Gasteiger partial charge is 0.350 e. The molecule has 2 fully saturated rings. The monoisotopic (exact) mass is 395 g/mol. The summed E-state index contributed by atoms with van der Waals surface area (Å²) in [7, 11) is 0. The second-order valence-corrected chi connectivity index (χ2v) is 8.16. The molecule has 1 aromatic heterocycles. The molecule has 8 heteroatoms. The van der Waals surface area contributed by atoms with Gasteiger partial charge in [-0.2, -0.15) is 13.2 Å². The molecular formula is C19H20F3N3OS. The van der Waals surface area contributed by atoms with Crippen LogP contribution in [0.15, 0.2) is 29.6 Å². The van der Waals surface area contributed by atoms with Crippen LogP contribution in [0.1, 0.15) is 30.5 Å². The molecule has 1 aromatic carbocycles. The molecule has 2 N–H and O–H groups in total. The van der Waals surface area contributed by atoms with Crippen LogP contribution < -0.4 is 10.6 Å².